The maximum absolute atomic E-state index is 12.8. The van der Waals surface area contributed by atoms with Crippen LogP contribution >= 0.6 is 0 Å². The van der Waals surface area contributed by atoms with Crippen LogP contribution in [0.4, 0.5) is 4.39 Å². The lowest BCUT2D eigenvalue weighted by Gasteiger charge is -2.32. The zero-order valence-electron chi connectivity index (χ0n) is 12.8. The first-order valence-corrected chi connectivity index (χ1v) is 7.86. The van der Waals surface area contributed by atoms with Gasteiger partial charge in [-0.15, -0.1) is 0 Å². The summed E-state index contributed by atoms with van der Waals surface area (Å²) in [5.74, 6) is 0.749. The number of hydrogen-bond donors (Lipinski definition) is 1. The molecular formula is C17H25FN2O. The van der Waals surface area contributed by atoms with Crippen molar-refractivity contribution in [2.45, 2.75) is 32.1 Å². The van der Waals surface area contributed by atoms with Crippen LogP contribution in [-0.2, 0) is 11.2 Å². The van der Waals surface area contributed by atoms with Crippen molar-refractivity contribution < 1.29 is 9.18 Å². The van der Waals surface area contributed by atoms with Crippen LogP contribution in [0.1, 0.15) is 31.2 Å². The van der Waals surface area contributed by atoms with Gasteiger partial charge in [-0.3, -0.25) is 4.79 Å². The summed E-state index contributed by atoms with van der Waals surface area (Å²) in [6.45, 7) is 2.83. The van der Waals surface area contributed by atoms with Crippen LogP contribution in [0.3, 0.4) is 0 Å². The number of likely N-dealkylation sites (tertiary alicyclic amines) is 1. The highest BCUT2D eigenvalue weighted by Crippen LogP contribution is 2.20. The average molecular weight is 292 g/mol. The van der Waals surface area contributed by atoms with E-state index in [-0.39, 0.29) is 11.7 Å². The van der Waals surface area contributed by atoms with Crippen LogP contribution in [0.15, 0.2) is 24.3 Å². The lowest BCUT2D eigenvalue weighted by molar-refractivity contribution is -0.132. The van der Waals surface area contributed by atoms with Gasteiger partial charge in [-0.2, -0.15) is 0 Å². The molecule has 1 saturated heterocycles. The number of halogens is 1. The summed E-state index contributed by atoms with van der Waals surface area (Å²) in [5.41, 5.74) is 1.02. The summed E-state index contributed by atoms with van der Waals surface area (Å²) in [4.78, 5) is 14.2. The van der Waals surface area contributed by atoms with Crippen LogP contribution in [0, 0.1) is 11.7 Å². The van der Waals surface area contributed by atoms with E-state index in [0.717, 1.165) is 44.0 Å². The Morgan fingerprint density at radius 2 is 1.95 bits per heavy atom. The minimum absolute atomic E-state index is 0.228. The highest BCUT2D eigenvalue weighted by molar-refractivity contribution is 5.76. The molecule has 1 heterocycles. The lowest BCUT2D eigenvalue weighted by atomic mass is 9.93. The van der Waals surface area contributed by atoms with Gasteiger partial charge in [0, 0.05) is 19.5 Å². The highest BCUT2D eigenvalue weighted by Gasteiger charge is 2.22. The molecule has 1 aliphatic heterocycles. The van der Waals surface area contributed by atoms with E-state index in [2.05, 4.69) is 5.32 Å². The molecule has 1 N–H and O–H groups in total. The minimum atomic E-state index is -0.228. The Hall–Kier alpha value is -1.42. The molecule has 1 aliphatic rings. The molecule has 3 nitrogen and oxygen atoms in total. The second kappa shape index (κ2) is 8.13. The van der Waals surface area contributed by atoms with E-state index in [9.17, 15) is 9.18 Å². The van der Waals surface area contributed by atoms with Crippen LogP contribution in [0.5, 0.6) is 0 Å². The lowest BCUT2D eigenvalue weighted by Crippen LogP contribution is -2.39. The second-order valence-electron chi connectivity index (χ2n) is 5.84. The number of amides is 1. The van der Waals surface area contributed by atoms with Gasteiger partial charge < -0.3 is 10.2 Å². The van der Waals surface area contributed by atoms with Gasteiger partial charge >= 0.3 is 0 Å². The Kier molecular flexibility index (Phi) is 6.18. The first-order chi connectivity index (χ1) is 10.2. The first kappa shape index (κ1) is 16.0. The number of aryl methyl sites for hydroxylation is 1. The molecule has 2 rings (SSSR count). The molecule has 0 bridgehead atoms. The topological polar surface area (TPSA) is 32.3 Å². The monoisotopic (exact) mass is 292 g/mol. The minimum Gasteiger partial charge on any atom is -0.343 e. The standard InChI is InChI=1S/C17H25FN2O/c1-19-11-8-15-9-12-20(13-10-15)17(21)7-4-14-2-5-16(18)6-3-14/h2-3,5-6,15,19H,4,7-13H2,1H3. The Bertz CT molecular complexity index is 439. The van der Waals surface area contributed by atoms with E-state index >= 15 is 0 Å². The highest BCUT2D eigenvalue weighted by atomic mass is 19.1. The fourth-order valence-corrected chi connectivity index (χ4v) is 2.88. The summed E-state index contributed by atoms with van der Waals surface area (Å²) in [7, 11) is 1.98. The van der Waals surface area contributed by atoms with Crippen molar-refractivity contribution in [3.05, 3.63) is 35.6 Å². The van der Waals surface area contributed by atoms with Gasteiger partial charge in [0.05, 0.1) is 0 Å². The molecule has 1 aromatic rings. The van der Waals surface area contributed by atoms with Gasteiger partial charge in [0.1, 0.15) is 5.82 Å². The molecule has 4 heteroatoms. The zero-order valence-corrected chi connectivity index (χ0v) is 12.8. The summed E-state index contributed by atoms with van der Waals surface area (Å²) in [5, 5.41) is 3.18. The van der Waals surface area contributed by atoms with Crippen molar-refractivity contribution in [1.82, 2.24) is 10.2 Å². The summed E-state index contributed by atoms with van der Waals surface area (Å²) >= 11 is 0. The second-order valence-corrected chi connectivity index (χ2v) is 5.84. The van der Waals surface area contributed by atoms with E-state index in [0.29, 0.717) is 12.8 Å². The van der Waals surface area contributed by atoms with Gasteiger partial charge in [0.15, 0.2) is 0 Å². The molecule has 0 atom stereocenters. The van der Waals surface area contributed by atoms with E-state index in [1.54, 1.807) is 12.1 Å². The maximum Gasteiger partial charge on any atom is 0.222 e. The average Bonchev–Trinajstić information content (AvgIpc) is 2.52. The molecule has 0 aliphatic carbocycles. The van der Waals surface area contributed by atoms with E-state index < -0.39 is 0 Å². The van der Waals surface area contributed by atoms with Crippen molar-refractivity contribution in [3.63, 3.8) is 0 Å². The number of carbonyl (C=O) groups excluding carboxylic acids is 1. The van der Waals surface area contributed by atoms with Crippen LogP contribution < -0.4 is 5.32 Å². The normalized spacial score (nSPS) is 16.2. The van der Waals surface area contributed by atoms with Crippen molar-refractivity contribution in [1.29, 1.82) is 0 Å². The molecule has 1 fully saturated rings. The van der Waals surface area contributed by atoms with E-state index in [1.165, 1.54) is 18.6 Å². The molecule has 21 heavy (non-hydrogen) atoms. The Balaban J connectivity index is 1.71. The van der Waals surface area contributed by atoms with Crippen LogP contribution in [0.2, 0.25) is 0 Å². The van der Waals surface area contributed by atoms with Crippen LogP contribution in [0.25, 0.3) is 0 Å². The van der Waals surface area contributed by atoms with Crippen LogP contribution in [-0.4, -0.2) is 37.5 Å². The van der Waals surface area contributed by atoms with Gasteiger partial charge in [-0.1, -0.05) is 12.1 Å². The molecule has 0 saturated carbocycles. The Labute approximate surface area is 126 Å². The number of benzene rings is 1. The smallest absolute Gasteiger partial charge is 0.222 e. The van der Waals surface area contributed by atoms with Crippen molar-refractivity contribution in [2.75, 3.05) is 26.7 Å². The Morgan fingerprint density at radius 1 is 1.29 bits per heavy atom. The largest absolute Gasteiger partial charge is 0.343 e. The number of piperidine rings is 1. The molecular weight excluding hydrogens is 267 g/mol. The molecule has 1 amide bonds. The molecule has 116 valence electrons. The SMILES string of the molecule is CNCCC1CCN(C(=O)CCc2ccc(F)cc2)CC1. The number of hydrogen-bond acceptors (Lipinski definition) is 2. The predicted molar refractivity (Wildman–Crippen MR) is 82.6 cm³/mol. The quantitative estimate of drug-likeness (QED) is 0.874. The summed E-state index contributed by atoms with van der Waals surface area (Å²) in [6.07, 6.45) is 4.65. The van der Waals surface area contributed by atoms with Crippen molar-refractivity contribution >= 4 is 5.91 Å². The number of rotatable bonds is 6. The number of nitrogens with one attached hydrogen (secondary N) is 1. The van der Waals surface area contributed by atoms with Gasteiger partial charge in [-0.05, 0) is 62.9 Å². The fraction of sp³-hybridized carbons (Fsp3) is 0.588. The van der Waals surface area contributed by atoms with Crippen molar-refractivity contribution in [3.8, 4) is 0 Å². The first-order valence-electron chi connectivity index (χ1n) is 7.86. The predicted octanol–water partition coefficient (Wildman–Crippen LogP) is 2.61. The third-order valence-electron chi connectivity index (χ3n) is 4.31. The summed E-state index contributed by atoms with van der Waals surface area (Å²) in [6, 6.07) is 6.42. The molecule has 0 radical (unpaired) electrons. The van der Waals surface area contributed by atoms with E-state index in [1.807, 2.05) is 11.9 Å². The van der Waals surface area contributed by atoms with Gasteiger partial charge in [-0.25, -0.2) is 4.39 Å². The molecule has 0 unspecified atom stereocenters. The third-order valence-corrected chi connectivity index (χ3v) is 4.31. The van der Waals surface area contributed by atoms with Crippen molar-refractivity contribution in [2.24, 2.45) is 5.92 Å². The fourth-order valence-electron chi connectivity index (χ4n) is 2.88. The maximum atomic E-state index is 12.8. The molecule has 0 spiro atoms. The summed E-state index contributed by atoms with van der Waals surface area (Å²) < 4.78 is 12.8. The molecule has 1 aromatic carbocycles. The third kappa shape index (κ3) is 5.12. The Morgan fingerprint density at radius 3 is 2.57 bits per heavy atom. The number of carbonyl (C=O) groups is 1. The van der Waals surface area contributed by atoms with Gasteiger partial charge in [0.25, 0.3) is 0 Å². The van der Waals surface area contributed by atoms with E-state index in [4.69, 9.17) is 0 Å². The number of nitrogens with zero attached hydrogens (tertiary/aromatic N) is 1. The molecule has 0 aromatic heterocycles. The van der Waals surface area contributed by atoms with Gasteiger partial charge in [0.2, 0.25) is 5.91 Å². The zero-order chi connectivity index (χ0) is 15.1.